The number of halogens is 1. The number of phenolic OH excluding ortho intramolecular Hbond substituents is 1. The van der Waals surface area contributed by atoms with Gasteiger partial charge in [-0.1, -0.05) is 0 Å². The van der Waals surface area contributed by atoms with Gasteiger partial charge in [-0.3, -0.25) is 4.79 Å². The van der Waals surface area contributed by atoms with E-state index in [4.69, 9.17) is 9.84 Å². The smallest absolute Gasteiger partial charge is 0.258 e. The van der Waals surface area contributed by atoms with Gasteiger partial charge in [-0.15, -0.1) is 0 Å². The van der Waals surface area contributed by atoms with Crippen LogP contribution in [0.4, 0.5) is 10.1 Å². The highest BCUT2D eigenvalue weighted by Gasteiger charge is 2.13. The van der Waals surface area contributed by atoms with E-state index in [0.717, 1.165) is 11.6 Å². The molecule has 0 aliphatic heterocycles. The number of anilines is 1. The molecule has 2 N–H and O–H groups in total. The molecule has 2 rings (SSSR count). The van der Waals surface area contributed by atoms with Crippen molar-refractivity contribution in [1.29, 1.82) is 0 Å². The molecule has 1 amide bonds. The highest BCUT2D eigenvalue weighted by Crippen LogP contribution is 2.22. The number of rotatable bonds is 3. The first-order chi connectivity index (χ1) is 9.51. The second kappa shape index (κ2) is 5.61. The Kier molecular flexibility index (Phi) is 3.89. The van der Waals surface area contributed by atoms with Crippen molar-refractivity contribution in [3.8, 4) is 11.5 Å². The van der Waals surface area contributed by atoms with Crippen LogP contribution in [0.1, 0.15) is 15.9 Å². The Morgan fingerprint density at radius 1 is 1.25 bits per heavy atom. The van der Waals surface area contributed by atoms with Crippen molar-refractivity contribution in [2.24, 2.45) is 0 Å². The maximum absolute atomic E-state index is 13.6. The average molecular weight is 275 g/mol. The summed E-state index contributed by atoms with van der Waals surface area (Å²) in [6, 6.07) is 8.55. The minimum Gasteiger partial charge on any atom is -0.508 e. The lowest BCUT2D eigenvalue weighted by Gasteiger charge is -2.10. The lowest BCUT2D eigenvalue weighted by molar-refractivity contribution is 0.102. The van der Waals surface area contributed by atoms with Gasteiger partial charge in [0.15, 0.2) is 0 Å². The molecule has 0 aromatic heterocycles. The molecule has 2 aromatic rings. The van der Waals surface area contributed by atoms with Gasteiger partial charge in [0.2, 0.25) is 0 Å². The molecule has 0 unspecified atom stereocenters. The van der Waals surface area contributed by atoms with Gasteiger partial charge in [-0.25, -0.2) is 4.39 Å². The number of ether oxygens (including phenoxy) is 1. The number of amides is 1. The predicted molar refractivity (Wildman–Crippen MR) is 73.7 cm³/mol. The largest absolute Gasteiger partial charge is 0.508 e. The van der Waals surface area contributed by atoms with E-state index < -0.39 is 11.7 Å². The zero-order valence-corrected chi connectivity index (χ0v) is 11.1. The molecular formula is C15H14FNO3. The second-order valence-electron chi connectivity index (χ2n) is 4.30. The van der Waals surface area contributed by atoms with Crippen molar-refractivity contribution in [2.45, 2.75) is 6.92 Å². The minimum atomic E-state index is -0.770. The summed E-state index contributed by atoms with van der Waals surface area (Å²) in [5, 5.41) is 11.7. The molecule has 0 spiro atoms. The summed E-state index contributed by atoms with van der Waals surface area (Å²) >= 11 is 0. The third kappa shape index (κ3) is 2.88. The van der Waals surface area contributed by atoms with E-state index in [1.807, 2.05) is 6.92 Å². The molecule has 0 fully saturated rings. The van der Waals surface area contributed by atoms with Crippen LogP contribution in [0.25, 0.3) is 0 Å². The van der Waals surface area contributed by atoms with E-state index in [-0.39, 0.29) is 11.3 Å². The van der Waals surface area contributed by atoms with Crippen LogP contribution < -0.4 is 10.1 Å². The van der Waals surface area contributed by atoms with Gasteiger partial charge in [0, 0.05) is 11.8 Å². The summed E-state index contributed by atoms with van der Waals surface area (Å²) < 4.78 is 18.7. The molecule has 0 saturated heterocycles. The SMILES string of the molecule is COc1ccc(NC(=O)c2ccc(O)cc2F)c(C)c1. The summed E-state index contributed by atoms with van der Waals surface area (Å²) in [5.41, 5.74) is 1.25. The zero-order valence-electron chi connectivity index (χ0n) is 11.1. The third-order valence-corrected chi connectivity index (χ3v) is 2.88. The van der Waals surface area contributed by atoms with E-state index in [1.165, 1.54) is 12.1 Å². The Morgan fingerprint density at radius 2 is 2.00 bits per heavy atom. The first-order valence-corrected chi connectivity index (χ1v) is 5.96. The van der Waals surface area contributed by atoms with E-state index >= 15 is 0 Å². The number of aromatic hydroxyl groups is 1. The fraction of sp³-hybridized carbons (Fsp3) is 0.133. The second-order valence-corrected chi connectivity index (χ2v) is 4.30. The van der Waals surface area contributed by atoms with Crippen LogP contribution in [0.5, 0.6) is 11.5 Å². The van der Waals surface area contributed by atoms with Crippen molar-refractivity contribution >= 4 is 11.6 Å². The van der Waals surface area contributed by atoms with Crippen LogP contribution in [0.2, 0.25) is 0 Å². The van der Waals surface area contributed by atoms with Crippen molar-refractivity contribution in [1.82, 2.24) is 0 Å². The molecule has 2 aromatic carbocycles. The van der Waals surface area contributed by atoms with Gasteiger partial charge >= 0.3 is 0 Å². The maximum Gasteiger partial charge on any atom is 0.258 e. The maximum atomic E-state index is 13.6. The lowest BCUT2D eigenvalue weighted by atomic mass is 10.1. The summed E-state index contributed by atoms with van der Waals surface area (Å²) in [4.78, 5) is 12.0. The highest BCUT2D eigenvalue weighted by molar-refractivity contribution is 6.04. The van der Waals surface area contributed by atoms with Gasteiger partial charge in [-0.2, -0.15) is 0 Å². The van der Waals surface area contributed by atoms with Gasteiger partial charge in [0.05, 0.1) is 12.7 Å². The number of hydrogen-bond acceptors (Lipinski definition) is 3. The molecular weight excluding hydrogens is 261 g/mol. The number of carbonyl (C=O) groups is 1. The van der Waals surface area contributed by atoms with Gasteiger partial charge < -0.3 is 15.2 Å². The molecule has 0 aliphatic rings. The van der Waals surface area contributed by atoms with Crippen LogP contribution in [-0.2, 0) is 0 Å². The molecule has 0 radical (unpaired) electrons. The van der Waals surface area contributed by atoms with E-state index in [0.29, 0.717) is 11.4 Å². The van der Waals surface area contributed by atoms with Gasteiger partial charge in [0.25, 0.3) is 5.91 Å². The quantitative estimate of drug-likeness (QED) is 0.905. The highest BCUT2D eigenvalue weighted by atomic mass is 19.1. The standard InChI is InChI=1S/C15H14FNO3/c1-9-7-11(20-2)4-6-14(9)17-15(19)12-5-3-10(18)8-13(12)16/h3-8,18H,1-2H3,(H,17,19). The average Bonchev–Trinajstić information content (AvgIpc) is 2.40. The molecule has 104 valence electrons. The number of nitrogens with one attached hydrogen (secondary N) is 1. The number of benzene rings is 2. The zero-order chi connectivity index (χ0) is 14.7. The molecule has 4 nitrogen and oxygen atoms in total. The molecule has 0 atom stereocenters. The Labute approximate surface area is 115 Å². The van der Waals surface area contributed by atoms with E-state index in [1.54, 1.807) is 25.3 Å². The van der Waals surface area contributed by atoms with Crippen molar-refractivity contribution < 1.29 is 19.0 Å². The Bertz CT molecular complexity index is 656. The fourth-order valence-electron chi connectivity index (χ4n) is 1.78. The fourth-order valence-corrected chi connectivity index (χ4v) is 1.78. The van der Waals surface area contributed by atoms with Crippen LogP contribution in [0.3, 0.4) is 0 Å². The third-order valence-electron chi connectivity index (χ3n) is 2.88. The van der Waals surface area contributed by atoms with Gasteiger partial charge in [0.1, 0.15) is 17.3 Å². The summed E-state index contributed by atoms with van der Waals surface area (Å²) in [7, 11) is 1.55. The molecule has 0 bridgehead atoms. The molecule has 0 heterocycles. The normalized spacial score (nSPS) is 10.2. The number of phenols is 1. The van der Waals surface area contributed by atoms with Gasteiger partial charge in [-0.05, 0) is 42.8 Å². The Hall–Kier alpha value is -2.56. The minimum absolute atomic E-state index is 0.127. The lowest BCUT2D eigenvalue weighted by Crippen LogP contribution is -2.14. The van der Waals surface area contributed by atoms with Crippen LogP contribution in [0.15, 0.2) is 36.4 Å². The Morgan fingerprint density at radius 3 is 2.60 bits per heavy atom. The first kappa shape index (κ1) is 13.9. The number of carbonyl (C=O) groups excluding carboxylic acids is 1. The van der Waals surface area contributed by atoms with E-state index in [9.17, 15) is 9.18 Å². The molecule has 5 heteroatoms. The topological polar surface area (TPSA) is 58.6 Å². The van der Waals surface area contributed by atoms with E-state index in [2.05, 4.69) is 5.32 Å². The van der Waals surface area contributed by atoms with Crippen LogP contribution in [0, 0.1) is 12.7 Å². The molecule has 0 aliphatic carbocycles. The van der Waals surface area contributed by atoms with Crippen molar-refractivity contribution in [2.75, 3.05) is 12.4 Å². The number of hydrogen-bond donors (Lipinski definition) is 2. The summed E-state index contributed by atoms with van der Waals surface area (Å²) in [5.74, 6) is -0.888. The monoisotopic (exact) mass is 275 g/mol. The molecule has 0 saturated carbocycles. The Balaban J connectivity index is 2.23. The molecule has 20 heavy (non-hydrogen) atoms. The first-order valence-electron chi connectivity index (χ1n) is 5.96. The van der Waals surface area contributed by atoms with Crippen molar-refractivity contribution in [3.05, 3.63) is 53.3 Å². The summed E-state index contributed by atoms with van der Waals surface area (Å²) in [6.07, 6.45) is 0. The van der Waals surface area contributed by atoms with Crippen LogP contribution >= 0.6 is 0 Å². The van der Waals surface area contributed by atoms with Crippen LogP contribution in [-0.4, -0.2) is 18.1 Å². The van der Waals surface area contributed by atoms with Crippen molar-refractivity contribution in [3.63, 3.8) is 0 Å². The predicted octanol–water partition coefficient (Wildman–Crippen LogP) is 3.10. The number of aryl methyl sites for hydroxylation is 1. The number of methoxy groups -OCH3 is 1. The summed E-state index contributed by atoms with van der Waals surface area (Å²) in [6.45, 7) is 1.81.